The molecule has 6 atom stereocenters. The molecule has 3 N–H and O–H groups in total. The molecule has 0 bridgehead atoms. The number of phosphoric acid groups is 2. The van der Waals surface area contributed by atoms with E-state index in [1.807, 2.05) is 0 Å². The minimum absolute atomic E-state index is 0.106. The Hall–Kier alpha value is -1.94. The van der Waals surface area contributed by atoms with Crippen molar-refractivity contribution in [2.24, 2.45) is 11.8 Å². The zero-order chi connectivity index (χ0) is 78.5. The number of carbonyl (C=O) groups excluding carboxylic acids is 4. The molecule has 0 amide bonds. The van der Waals surface area contributed by atoms with E-state index in [1.54, 1.807) is 0 Å². The van der Waals surface area contributed by atoms with Crippen molar-refractivity contribution in [3.63, 3.8) is 0 Å². The molecule has 3 unspecified atom stereocenters. The van der Waals surface area contributed by atoms with Crippen LogP contribution in [-0.4, -0.2) is 96.7 Å². The summed E-state index contributed by atoms with van der Waals surface area (Å²) in [7, 11) is -9.93. The second kappa shape index (κ2) is 79.3. The number of aliphatic hydroxyl groups is 1. The van der Waals surface area contributed by atoms with E-state index in [1.165, 1.54) is 289 Å². The standard InChI is InChI=1S/C88H172O17P2/c1-7-10-12-14-16-18-20-22-24-26-28-30-32-34-36-38-46-52-58-64-70-85(90)98-76-83(104-87(92)72-66-60-54-48-39-37-35-33-31-29-27-25-23-21-19-17-15-13-11-8-2)78-102-106(94,95)100-74-82(89)75-101-107(96,97)103-79-84(77-99-86(91)71-65-59-53-47-42-40-44-50-56-62-68-80(4)5)105-88(93)73-67-61-55-49-43-41-45-51-57-63-69-81(6)9-3/h80-84,89H,7-79H2,1-6H3,(H,94,95)(H,96,97)/t81?,82-,83-,84-/m1/s1. The smallest absolute Gasteiger partial charge is 0.462 e. The highest BCUT2D eigenvalue weighted by atomic mass is 31.2. The second-order valence-electron chi connectivity index (χ2n) is 32.4. The molecule has 0 aliphatic carbocycles. The van der Waals surface area contributed by atoms with Gasteiger partial charge in [-0.3, -0.25) is 37.3 Å². The lowest BCUT2D eigenvalue weighted by molar-refractivity contribution is -0.161. The van der Waals surface area contributed by atoms with E-state index in [9.17, 15) is 43.2 Å². The fraction of sp³-hybridized carbons (Fsp3) is 0.955. The molecule has 0 radical (unpaired) electrons. The summed E-state index contributed by atoms with van der Waals surface area (Å²) < 4.78 is 69.0. The molecule has 0 saturated heterocycles. The molecule has 0 spiro atoms. The van der Waals surface area contributed by atoms with Crippen LogP contribution in [0.4, 0.5) is 0 Å². The van der Waals surface area contributed by atoms with Crippen molar-refractivity contribution in [2.75, 3.05) is 39.6 Å². The normalized spacial score (nSPS) is 14.0. The highest BCUT2D eigenvalue weighted by molar-refractivity contribution is 7.47. The summed E-state index contributed by atoms with van der Waals surface area (Å²) in [4.78, 5) is 73.3. The quantitative estimate of drug-likeness (QED) is 0.0222. The Morgan fingerprint density at radius 3 is 0.710 bits per heavy atom. The topological polar surface area (TPSA) is 237 Å². The van der Waals surface area contributed by atoms with Crippen molar-refractivity contribution >= 4 is 39.5 Å². The van der Waals surface area contributed by atoms with Crippen LogP contribution in [0.1, 0.15) is 472 Å². The SMILES string of the molecule is CCCCCCCCCCCCCCCCCCCCCCC(=O)OC[C@H](COP(=O)(O)OC[C@@H](O)COP(=O)(O)OC[C@@H](COC(=O)CCCCCCCCCCCCC(C)C)OC(=O)CCCCCCCCCCCCC(C)CC)OC(=O)CCCCCCCCCCCCCCCCCCCCCC. The first kappa shape index (κ1) is 105. The van der Waals surface area contributed by atoms with Crippen LogP contribution in [0.5, 0.6) is 0 Å². The van der Waals surface area contributed by atoms with Crippen LogP contribution < -0.4 is 0 Å². The van der Waals surface area contributed by atoms with Crippen molar-refractivity contribution in [1.82, 2.24) is 0 Å². The fourth-order valence-corrected chi connectivity index (χ4v) is 15.3. The molecule has 19 heteroatoms. The van der Waals surface area contributed by atoms with Gasteiger partial charge in [-0.05, 0) is 37.5 Å². The third-order valence-electron chi connectivity index (χ3n) is 21.1. The highest BCUT2D eigenvalue weighted by Crippen LogP contribution is 2.45. The van der Waals surface area contributed by atoms with Gasteiger partial charge in [0.2, 0.25) is 0 Å². The number of rotatable bonds is 87. The van der Waals surface area contributed by atoms with Crippen LogP contribution in [0.3, 0.4) is 0 Å². The Labute approximate surface area is 658 Å². The maximum Gasteiger partial charge on any atom is 0.472 e. The second-order valence-corrected chi connectivity index (χ2v) is 35.3. The summed E-state index contributed by atoms with van der Waals surface area (Å²) in [5.41, 5.74) is 0. The number of hydrogen-bond donors (Lipinski definition) is 3. The van der Waals surface area contributed by atoms with E-state index < -0.39 is 97.5 Å². The molecule has 0 rings (SSSR count). The van der Waals surface area contributed by atoms with Crippen molar-refractivity contribution in [1.29, 1.82) is 0 Å². The number of esters is 4. The summed E-state index contributed by atoms with van der Waals surface area (Å²) in [6.45, 7) is 9.70. The summed E-state index contributed by atoms with van der Waals surface area (Å²) in [5, 5.41) is 10.7. The lowest BCUT2D eigenvalue weighted by atomic mass is 9.99. The molecule has 0 aromatic heterocycles. The highest BCUT2D eigenvalue weighted by Gasteiger charge is 2.31. The maximum atomic E-state index is 13.2. The molecule has 0 fully saturated rings. The molecular formula is C88H172O17P2. The fourth-order valence-electron chi connectivity index (χ4n) is 13.7. The largest absolute Gasteiger partial charge is 0.472 e. The number of hydrogen-bond acceptors (Lipinski definition) is 15. The number of phosphoric ester groups is 2. The van der Waals surface area contributed by atoms with Gasteiger partial charge in [-0.15, -0.1) is 0 Å². The zero-order valence-corrected chi connectivity index (χ0v) is 72.2. The summed E-state index contributed by atoms with van der Waals surface area (Å²) in [5.74, 6) is -0.539. The van der Waals surface area contributed by atoms with E-state index in [-0.39, 0.29) is 25.7 Å². The summed E-state index contributed by atoms with van der Waals surface area (Å²) >= 11 is 0. The molecule has 0 aliphatic rings. The number of unbranched alkanes of at least 4 members (excludes halogenated alkanes) is 56. The van der Waals surface area contributed by atoms with Gasteiger partial charge < -0.3 is 33.8 Å². The van der Waals surface area contributed by atoms with E-state index in [0.717, 1.165) is 102 Å². The van der Waals surface area contributed by atoms with Crippen molar-refractivity contribution < 1.29 is 80.2 Å². The van der Waals surface area contributed by atoms with Crippen LogP contribution in [0.25, 0.3) is 0 Å². The number of ether oxygens (including phenoxy) is 4. The zero-order valence-electron chi connectivity index (χ0n) is 70.5. The van der Waals surface area contributed by atoms with E-state index in [0.29, 0.717) is 25.7 Å². The van der Waals surface area contributed by atoms with Crippen LogP contribution in [0.15, 0.2) is 0 Å². The van der Waals surface area contributed by atoms with Gasteiger partial charge >= 0.3 is 39.5 Å². The monoisotopic (exact) mass is 1560 g/mol. The molecule has 636 valence electrons. The lowest BCUT2D eigenvalue weighted by Crippen LogP contribution is -2.30. The van der Waals surface area contributed by atoms with Crippen LogP contribution in [0, 0.1) is 11.8 Å². The molecule has 0 aromatic carbocycles. The van der Waals surface area contributed by atoms with E-state index >= 15 is 0 Å². The first-order valence-corrected chi connectivity index (χ1v) is 48.5. The van der Waals surface area contributed by atoms with Gasteiger partial charge in [0.1, 0.15) is 19.3 Å². The van der Waals surface area contributed by atoms with Crippen molar-refractivity contribution in [3.8, 4) is 0 Å². The molecule has 17 nitrogen and oxygen atoms in total. The molecule has 107 heavy (non-hydrogen) atoms. The lowest BCUT2D eigenvalue weighted by Gasteiger charge is -2.21. The van der Waals surface area contributed by atoms with Gasteiger partial charge in [0.25, 0.3) is 0 Å². The van der Waals surface area contributed by atoms with Gasteiger partial charge in [-0.1, -0.05) is 420 Å². The molecule has 0 aromatic rings. The van der Waals surface area contributed by atoms with Crippen LogP contribution >= 0.6 is 15.6 Å². The Balaban J connectivity index is 5.25. The van der Waals surface area contributed by atoms with E-state index in [2.05, 4.69) is 41.5 Å². The minimum atomic E-state index is -4.97. The van der Waals surface area contributed by atoms with Gasteiger partial charge in [0.05, 0.1) is 26.4 Å². The number of carbonyl (C=O) groups is 4. The third-order valence-corrected chi connectivity index (χ3v) is 23.0. The molecule has 0 heterocycles. The Morgan fingerprint density at radius 1 is 0.271 bits per heavy atom. The average Bonchev–Trinajstić information content (AvgIpc) is 0.901. The predicted octanol–water partition coefficient (Wildman–Crippen LogP) is 27.0. The average molecular weight is 1560 g/mol. The third kappa shape index (κ3) is 80.5. The first-order valence-electron chi connectivity index (χ1n) is 45.5. The van der Waals surface area contributed by atoms with E-state index in [4.69, 9.17) is 37.0 Å². The van der Waals surface area contributed by atoms with Gasteiger partial charge in [-0.2, -0.15) is 0 Å². The first-order chi connectivity index (χ1) is 51.9. The van der Waals surface area contributed by atoms with Crippen LogP contribution in [0.2, 0.25) is 0 Å². The van der Waals surface area contributed by atoms with Crippen molar-refractivity contribution in [3.05, 3.63) is 0 Å². The Morgan fingerprint density at radius 2 is 0.477 bits per heavy atom. The van der Waals surface area contributed by atoms with Gasteiger partial charge in [0, 0.05) is 25.7 Å². The predicted molar refractivity (Wildman–Crippen MR) is 442 cm³/mol. The molecular weight excluding hydrogens is 1390 g/mol. The van der Waals surface area contributed by atoms with Gasteiger partial charge in [0.15, 0.2) is 12.2 Å². The van der Waals surface area contributed by atoms with Crippen molar-refractivity contribution in [2.45, 2.75) is 490 Å². The molecule has 0 saturated carbocycles. The maximum absolute atomic E-state index is 13.2. The Bertz CT molecular complexity index is 2050. The minimum Gasteiger partial charge on any atom is -0.462 e. The summed E-state index contributed by atoms with van der Waals surface area (Å²) in [6, 6.07) is 0. The number of aliphatic hydroxyl groups excluding tert-OH is 1. The van der Waals surface area contributed by atoms with Gasteiger partial charge in [-0.25, -0.2) is 9.13 Å². The van der Waals surface area contributed by atoms with Crippen LogP contribution in [-0.2, 0) is 65.4 Å². The Kier molecular flexibility index (Phi) is 77.9. The summed E-state index contributed by atoms with van der Waals surface area (Å²) in [6.07, 6.45) is 72.2. The molecule has 0 aliphatic heterocycles.